The van der Waals surface area contributed by atoms with Crippen LogP contribution in [0.2, 0.25) is 0 Å². The first-order valence-corrected chi connectivity index (χ1v) is 9.56. The molecule has 3 rings (SSSR count). The lowest BCUT2D eigenvalue weighted by Crippen LogP contribution is -2.32. The third kappa shape index (κ3) is 4.80. The molecule has 1 aliphatic heterocycles. The van der Waals surface area contributed by atoms with Crippen LogP contribution in [0.4, 0.5) is 11.4 Å². The van der Waals surface area contributed by atoms with Gasteiger partial charge < -0.3 is 15.0 Å². The number of rotatable bonds is 7. The van der Waals surface area contributed by atoms with Gasteiger partial charge in [-0.1, -0.05) is 18.2 Å². The van der Waals surface area contributed by atoms with Gasteiger partial charge in [0.15, 0.2) is 0 Å². The first-order chi connectivity index (χ1) is 13.1. The van der Waals surface area contributed by atoms with Crippen LogP contribution in [-0.4, -0.2) is 44.6 Å². The van der Waals surface area contributed by atoms with Crippen LogP contribution in [0.3, 0.4) is 0 Å². The van der Waals surface area contributed by atoms with E-state index in [2.05, 4.69) is 29.3 Å². The molecule has 1 aliphatic rings. The molecule has 5 heteroatoms. The number of anilines is 2. The summed E-state index contributed by atoms with van der Waals surface area (Å²) in [5.41, 5.74) is 3.14. The Morgan fingerprint density at radius 2 is 1.81 bits per heavy atom. The minimum Gasteiger partial charge on any atom is -0.496 e. The van der Waals surface area contributed by atoms with E-state index in [-0.39, 0.29) is 11.9 Å². The Labute approximate surface area is 161 Å². The molecule has 5 nitrogen and oxygen atoms in total. The number of carbonyl (C=O) groups is 1. The lowest BCUT2D eigenvalue weighted by molar-refractivity contribution is -0.117. The van der Waals surface area contributed by atoms with E-state index in [4.69, 9.17) is 4.74 Å². The quantitative estimate of drug-likeness (QED) is 0.805. The molecule has 144 valence electrons. The van der Waals surface area contributed by atoms with E-state index in [1.54, 1.807) is 7.11 Å². The van der Waals surface area contributed by atoms with E-state index >= 15 is 0 Å². The molecule has 0 aromatic heterocycles. The Morgan fingerprint density at radius 3 is 2.48 bits per heavy atom. The fourth-order valence-corrected chi connectivity index (χ4v) is 3.54. The Kier molecular flexibility index (Phi) is 6.35. The van der Waals surface area contributed by atoms with Crippen LogP contribution in [0.1, 0.15) is 31.4 Å². The lowest BCUT2D eigenvalue weighted by atomic mass is 10.1. The van der Waals surface area contributed by atoms with Crippen LogP contribution in [0.15, 0.2) is 48.5 Å². The maximum absolute atomic E-state index is 12.5. The summed E-state index contributed by atoms with van der Waals surface area (Å²) >= 11 is 0. The number of para-hydroxylation sites is 1. The Hall–Kier alpha value is -2.53. The number of nitrogens with zero attached hydrogens (tertiary/aromatic N) is 2. The van der Waals surface area contributed by atoms with E-state index in [0.717, 1.165) is 30.1 Å². The summed E-state index contributed by atoms with van der Waals surface area (Å²) in [5.74, 6) is 0.822. The van der Waals surface area contributed by atoms with Crippen LogP contribution in [0, 0.1) is 0 Å². The maximum Gasteiger partial charge on any atom is 0.238 e. The topological polar surface area (TPSA) is 44.8 Å². The highest BCUT2D eigenvalue weighted by molar-refractivity contribution is 5.92. The third-order valence-corrected chi connectivity index (χ3v) is 5.27. The molecule has 1 amide bonds. The van der Waals surface area contributed by atoms with Gasteiger partial charge in [0.1, 0.15) is 5.75 Å². The van der Waals surface area contributed by atoms with E-state index < -0.39 is 0 Å². The second kappa shape index (κ2) is 8.91. The Morgan fingerprint density at radius 1 is 1.15 bits per heavy atom. The minimum atomic E-state index is -0.0202. The summed E-state index contributed by atoms with van der Waals surface area (Å²) < 4.78 is 5.44. The number of methoxy groups -OCH3 is 1. The highest BCUT2D eigenvalue weighted by Crippen LogP contribution is 2.28. The van der Waals surface area contributed by atoms with Gasteiger partial charge >= 0.3 is 0 Å². The van der Waals surface area contributed by atoms with Gasteiger partial charge in [-0.15, -0.1) is 0 Å². The number of hydrogen-bond donors (Lipinski definition) is 1. The molecule has 0 saturated carbocycles. The van der Waals surface area contributed by atoms with Gasteiger partial charge in [-0.05, 0) is 57.1 Å². The summed E-state index contributed by atoms with van der Waals surface area (Å²) in [4.78, 5) is 16.9. The van der Waals surface area contributed by atoms with Crippen molar-refractivity contribution < 1.29 is 9.53 Å². The van der Waals surface area contributed by atoms with Crippen molar-refractivity contribution in [1.82, 2.24) is 4.90 Å². The first kappa shape index (κ1) is 19.2. The SMILES string of the molecule is COc1ccccc1C(C)N(C)CC(=O)Nc1ccc(N2CCCC2)cc1. The van der Waals surface area contributed by atoms with E-state index in [9.17, 15) is 4.79 Å². The molecule has 1 unspecified atom stereocenters. The standard InChI is InChI=1S/C22H29N3O2/c1-17(20-8-4-5-9-21(20)27-3)24(2)16-22(26)23-18-10-12-19(13-11-18)25-14-6-7-15-25/h4-5,8-13,17H,6-7,14-16H2,1-3H3,(H,23,26). The van der Waals surface area contributed by atoms with Crippen molar-refractivity contribution >= 4 is 17.3 Å². The fraction of sp³-hybridized carbons (Fsp3) is 0.409. The Balaban J connectivity index is 1.56. The number of carbonyl (C=O) groups excluding carboxylic acids is 1. The molecular weight excluding hydrogens is 338 g/mol. The number of amides is 1. The maximum atomic E-state index is 12.5. The van der Waals surface area contributed by atoms with Gasteiger partial charge in [0.05, 0.1) is 13.7 Å². The third-order valence-electron chi connectivity index (χ3n) is 5.27. The highest BCUT2D eigenvalue weighted by Gasteiger charge is 2.18. The van der Waals surface area contributed by atoms with Crippen LogP contribution in [-0.2, 0) is 4.79 Å². The molecule has 1 saturated heterocycles. The van der Waals surface area contributed by atoms with Gasteiger partial charge in [-0.2, -0.15) is 0 Å². The van der Waals surface area contributed by atoms with Crippen molar-refractivity contribution in [2.75, 3.05) is 44.0 Å². The first-order valence-electron chi connectivity index (χ1n) is 9.56. The zero-order valence-electron chi connectivity index (χ0n) is 16.4. The lowest BCUT2D eigenvalue weighted by Gasteiger charge is -2.26. The molecule has 1 atom stereocenters. The number of ether oxygens (including phenoxy) is 1. The summed E-state index contributed by atoms with van der Waals surface area (Å²) in [7, 11) is 3.62. The zero-order valence-corrected chi connectivity index (χ0v) is 16.4. The van der Waals surface area contributed by atoms with Crippen LogP contribution < -0.4 is 15.0 Å². The van der Waals surface area contributed by atoms with Gasteiger partial charge in [0.25, 0.3) is 0 Å². The van der Waals surface area contributed by atoms with Crippen molar-refractivity contribution in [3.8, 4) is 5.75 Å². The molecule has 0 aliphatic carbocycles. The predicted octanol–water partition coefficient (Wildman–Crippen LogP) is 3.93. The van der Waals surface area contributed by atoms with Crippen LogP contribution >= 0.6 is 0 Å². The molecular formula is C22H29N3O2. The predicted molar refractivity (Wildman–Crippen MR) is 111 cm³/mol. The highest BCUT2D eigenvalue weighted by atomic mass is 16.5. The van der Waals surface area contributed by atoms with Crippen LogP contribution in [0.5, 0.6) is 5.75 Å². The van der Waals surface area contributed by atoms with E-state index in [1.807, 2.05) is 48.3 Å². The molecule has 1 heterocycles. The van der Waals surface area contributed by atoms with Gasteiger partial charge in [-0.3, -0.25) is 9.69 Å². The Bertz CT molecular complexity index is 754. The molecule has 27 heavy (non-hydrogen) atoms. The number of hydrogen-bond acceptors (Lipinski definition) is 4. The van der Waals surface area contributed by atoms with Crippen LogP contribution in [0.25, 0.3) is 0 Å². The largest absolute Gasteiger partial charge is 0.496 e. The molecule has 2 aromatic rings. The van der Waals surface area contributed by atoms with Crippen molar-refractivity contribution in [3.05, 3.63) is 54.1 Å². The second-order valence-corrected chi connectivity index (χ2v) is 7.12. The minimum absolute atomic E-state index is 0.0202. The van der Waals surface area contributed by atoms with Crippen molar-refractivity contribution in [3.63, 3.8) is 0 Å². The van der Waals surface area contributed by atoms with E-state index in [1.165, 1.54) is 18.5 Å². The van der Waals surface area contributed by atoms with Crippen molar-refractivity contribution in [2.24, 2.45) is 0 Å². The van der Waals surface area contributed by atoms with Gasteiger partial charge in [-0.25, -0.2) is 0 Å². The smallest absolute Gasteiger partial charge is 0.238 e. The summed E-state index contributed by atoms with van der Waals surface area (Å²) in [6.45, 7) is 4.64. The molecule has 0 spiro atoms. The zero-order chi connectivity index (χ0) is 19.2. The summed E-state index contributed by atoms with van der Waals surface area (Å²) in [6.07, 6.45) is 2.52. The van der Waals surface area contributed by atoms with E-state index in [0.29, 0.717) is 6.54 Å². The molecule has 0 bridgehead atoms. The average molecular weight is 367 g/mol. The summed E-state index contributed by atoms with van der Waals surface area (Å²) in [6, 6.07) is 16.1. The normalized spacial score (nSPS) is 15.0. The average Bonchev–Trinajstić information content (AvgIpc) is 3.22. The fourth-order valence-electron chi connectivity index (χ4n) is 3.54. The van der Waals surface area contributed by atoms with Crippen molar-refractivity contribution in [2.45, 2.75) is 25.8 Å². The molecule has 0 radical (unpaired) electrons. The summed E-state index contributed by atoms with van der Waals surface area (Å²) in [5, 5.41) is 3.00. The van der Waals surface area contributed by atoms with Gasteiger partial charge in [0, 0.05) is 36.1 Å². The molecule has 1 fully saturated rings. The monoisotopic (exact) mass is 367 g/mol. The molecule has 2 aromatic carbocycles. The van der Waals surface area contributed by atoms with Gasteiger partial charge in [0.2, 0.25) is 5.91 Å². The number of likely N-dealkylation sites (N-methyl/N-ethyl adjacent to an activating group) is 1. The number of benzene rings is 2. The number of nitrogens with one attached hydrogen (secondary N) is 1. The second-order valence-electron chi connectivity index (χ2n) is 7.12. The van der Waals surface area contributed by atoms with Crippen molar-refractivity contribution in [1.29, 1.82) is 0 Å². The molecule has 1 N–H and O–H groups in total.